The summed E-state index contributed by atoms with van der Waals surface area (Å²) < 4.78 is 5.07. The molecule has 0 unspecified atom stereocenters. The number of benzene rings is 1. The molecule has 0 aliphatic carbocycles. The Hall–Kier alpha value is -3.35. The van der Waals surface area contributed by atoms with E-state index in [2.05, 4.69) is 20.8 Å². The molecule has 1 aromatic heterocycles. The molecule has 0 saturated carbocycles. The van der Waals surface area contributed by atoms with Crippen molar-refractivity contribution in [3.05, 3.63) is 53.9 Å². The third-order valence-corrected chi connectivity index (χ3v) is 3.47. The molecule has 7 nitrogen and oxygen atoms in total. The van der Waals surface area contributed by atoms with Crippen molar-refractivity contribution in [2.75, 3.05) is 12.4 Å². The van der Waals surface area contributed by atoms with Crippen LogP contribution in [0.1, 0.15) is 12.1 Å². The van der Waals surface area contributed by atoms with Crippen molar-refractivity contribution in [3.63, 3.8) is 0 Å². The number of amides is 2. The lowest BCUT2D eigenvalue weighted by Crippen LogP contribution is -2.18. The Morgan fingerprint density at radius 3 is 2.75 bits per heavy atom. The van der Waals surface area contributed by atoms with Gasteiger partial charge in [-0.05, 0) is 42.5 Å². The summed E-state index contributed by atoms with van der Waals surface area (Å²) in [6.07, 6.45) is 3.42. The van der Waals surface area contributed by atoms with Gasteiger partial charge in [-0.1, -0.05) is 0 Å². The van der Waals surface area contributed by atoms with Crippen molar-refractivity contribution in [1.82, 2.24) is 10.4 Å². The first-order valence-corrected chi connectivity index (χ1v) is 7.32. The average molecular weight is 324 g/mol. The molecule has 2 aromatic rings. The zero-order valence-corrected chi connectivity index (χ0v) is 13.0. The predicted octanol–water partition coefficient (Wildman–Crippen LogP) is 1.92. The Balaban J connectivity index is 1.67. The van der Waals surface area contributed by atoms with Crippen LogP contribution in [0.5, 0.6) is 5.75 Å². The van der Waals surface area contributed by atoms with E-state index in [1.165, 1.54) is 0 Å². The fraction of sp³-hybridized carbons (Fsp3) is 0.118. The number of carbonyl (C=O) groups is 2. The van der Waals surface area contributed by atoms with E-state index in [1.54, 1.807) is 43.6 Å². The van der Waals surface area contributed by atoms with Gasteiger partial charge in [-0.15, -0.1) is 0 Å². The van der Waals surface area contributed by atoms with Gasteiger partial charge in [0.25, 0.3) is 5.91 Å². The van der Waals surface area contributed by atoms with Gasteiger partial charge < -0.3 is 15.0 Å². The number of ether oxygens (including phenoxy) is 1. The highest BCUT2D eigenvalue weighted by Crippen LogP contribution is 2.17. The Bertz CT molecular complexity index is 805. The predicted molar refractivity (Wildman–Crippen MR) is 90.6 cm³/mol. The van der Waals surface area contributed by atoms with Crippen molar-refractivity contribution in [3.8, 4) is 5.75 Å². The quantitative estimate of drug-likeness (QED) is 0.733. The van der Waals surface area contributed by atoms with E-state index in [4.69, 9.17) is 4.74 Å². The summed E-state index contributed by atoms with van der Waals surface area (Å²) in [5.41, 5.74) is 4.58. The topological polar surface area (TPSA) is 95.6 Å². The van der Waals surface area contributed by atoms with E-state index < -0.39 is 0 Å². The number of hydrazone groups is 1. The third kappa shape index (κ3) is 3.52. The monoisotopic (exact) mass is 324 g/mol. The van der Waals surface area contributed by atoms with Crippen molar-refractivity contribution >= 4 is 29.3 Å². The second-order valence-electron chi connectivity index (χ2n) is 5.14. The highest BCUT2D eigenvalue weighted by atomic mass is 16.5. The number of aromatic amines is 1. The van der Waals surface area contributed by atoms with Crippen LogP contribution in [-0.2, 0) is 9.59 Å². The maximum atomic E-state index is 12.2. The van der Waals surface area contributed by atoms with Crippen LogP contribution in [0.2, 0.25) is 0 Å². The Morgan fingerprint density at radius 1 is 1.29 bits per heavy atom. The number of hydrogen-bond acceptors (Lipinski definition) is 4. The fourth-order valence-electron chi connectivity index (χ4n) is 2.27. The first kappa shape index (κ1) is 15.5. The first-order valence-electron chi connectivity index (χ1n) is 7.32. The van der Waals surface area contributed by atoms with Crippen molar-refractivity contribution < 1.29 is 14.3 Å². The smallest absolute Gasteiger partial charge is 0.273 e. The number of carbonyl (C=O) groups excluding carboxylic acids is 2. The lowest BCUT2D eigenvalue weighted by atomic mass is 10.1. The number of anilines is 1. The van der Waals surface area contributed by atoms with Crippen LogP contribution in [0.3, 0.4) is 0 Å². The molecule has 1 aliphatic heterocycles. The molecule has 7 heteroatoms. The van der Waals surface area contributed by atoms with Crippen molar-refractivity contribution in [1.29, 1.82) is 0 Å². The minimum atomic E-state index is -0.322. The van der Waals surface area contributed by atoms with E-state index in [1.807, 2.05) is 12.1 Å². The molecular weight excluding hydrogens is 308 g/mol. The highest BCUT2D eigenvalue weighted by Gasteiger charge is 2.24. The standard InChI is InChI=1S/C17H16N4O3/c1-24-13-6-4-11(5-7-13)19-16(22)10-15-14(17(23)21-20-15)9-12-3-2-8-18-12/h2-9,18H,10H2,1H3,(H,19,22)(H,21,23)/b14-9+. The third-order valence-electron chi connectivity index (χ3n) is 3.47. The minimum Gasteiger partial charge on any atom is -0.497 e. The molecule has 122 valence electrons. The largest absolute Gasteiger partial charge is 0.497 e. The van der Waals surface area contributed by atoms with Gasteiger partial charge in [-0.3, -0.25) is 9.59 Å². The van der Waals surface area contributed by atoms with Crippen LogP contribution < -0.4 is 15.5 Å². The Labute approximate surface area is 138 Å². The second kappa shape index (κ2) is 6.82. The molecule has 0 saturated heterocycles. The maximum absolute atomic E-state index is 12.2. The van der Waals surface area contributed by atoms with E-state index >= 15 is 0 Å². The van der Waals surface area contributed by atoms with E-state index in [-0.39, 0.29) is 18.2 Å². The molecule has 0 atom stereocenters. The Kier molecular flexibility index (Phi) is 4.42. The van der Waals surface area contributed by atoms with Crippen LogP contribution in [0.15, 0.2) is 53.3 Å². The van der Waals surface area contributed by atoms with E-state index in [0.29, 0.717) is 22.7 Å². The van der Waals surface area contributed by atoms with Crippen molar-refractivity contribution in [2.45, 2.75) is 6.42 Å². The Morgan fingerprint density at radius 2 is 2.08 bits per heavy atom. The summed E-state index contributed by atoms with van der Waals surface area (Å²) in [5.74, 6) is 0.129. The highest BCUT2D eigenvalue weighted by molar-refractivity contribution is 6.31. The number of methoxy groups -OCH3 is 1. The van der Waals surface area contributed by atoms with Gasteiger partial charge in [0.15, 0.2) is 0 Å². The molecule has 24 heavy (non-hydrogen) atoms. The molecule has 1 aromatic carbocycles. The molecule has 1 aliphatic rings. The SMILES string of the molecule is COc1ccc(NC(=O)CC2=NNC(=O)/C2=C/c2ccc[nH]2)cc1. The van der Waals surface area contributed by atoms with Gasteiger partial charge in [0.1, 0.15) is 5.75 Å². The van der Waals surface area contributed by atoms with Crippen LogP contribution >= 0.6 is 0 Å². The lowest BCUT2D eigenvalue weighted by molar-refractivity contribution is -0.116. The van der Waals surface area contributed by atoms with Gasteiger partial charge in [0.05, 0.1) is 24.8 Å². The van der Waals surface area contributed by atoms with Gasteiger partial charge in [-0.25, -0.2) is 5.43 Å². The zero-order chi connectivity index (χ0) is 16.9. The fourth-order valence-corrected chi connectivity index (χ4v) is 2.27. The molecule has 2 heterocycles. The first-order chi connectivity index (χ1) is 11.7. The second-order valence-corrected chi connectivity index (χ2v) is 5.14. The zero-order valence-electron chi connectivity index (χ0n) is 13.0. The van der Waals surface area contributed by atoms with Gasteiger partial charge in [0.2, 0.25) is 5.91 Å². The normalized spacial score (nSPS) is 15.1. The number of hydrogen-bond donors (Lipinski definition) is 3. The van der Waals surface area contributed by atoms with Gasteiger partial charge in [-0.2, -0.15) is 5.10 Å². The molecule has 3 N–H and O–H groups in total. The number of nitrogens with zero attached hydrogens (tertiary/aromatic N) is 1. The molecule has 0 radical (unpaired) electrons. The summed E-state index contributed by atoms with van der Waals surface area (Å²) in [6.45, 7) is 0. The van der Waals surface area contributed by atoms with Crippen LogP contribution in [0.25, 0.3) is 6.08 Å². The molecular formula is C17H16N4O3. The number of aromatic nitrogens is 1. The minimum absolute atomic E-state index is 0.00267. The van der Waals surface area contributed by atoms with Crippen LogP contribution in [0.4, 0.5) is 5.69 Å². The molecule has 2 amide bonds. The maximum Gasteiger partial charge on any atom is 0.273 e. The summed E-state index contributed by atoms with van der Waals surface area (Å²) >= 11 is 0. The van der Waals surface area contributed by atoms with Gasteiger partial charge >= 0.3 is 0 Å². The van der Waals surface area contributed by atoms with Crippen molar-refractivity contribution in [2.24, 2.45) is 5.10 Å². The summed E-state index contributed by atoms with van der Waals surface area (Å²) in [4.78, 5) is 27.0. The average Bonchev–Trinajstić information content (AvgIpc) is 3.21. The van der Waals surface area contributed by atoms with Crippen LogP contribution in [-0.4, -0.2) is 29.6 Å². The molecule has 3 rings (SSSR count). The molecule has 0 bridgehead atoms. The van der Waals surface area contributed by atoms with Crippen LogP contribution in [0, 0.1) is 0 Å². The lowest BCUT2D eigenvalue weighted by Gasteiger charge is -2.06. The van der Waals surface area contributed by atoms with E-state index in [0.717, 1.165) is 5.69 Å². The molecule has 0 spiro atoms. The number of nitrogens with one attached hydrogen (secondary N) is 3. The number of rotatable bonds is 5. The summed E-state index contributed by atoms with van der Waals surface area (Å²) in [5, 5.41) is 6.71. The van der Waals surface area contributed by atoms with Gasteiger partial charge in [0, 0.05) is 17.6 Å². The van der Waals surface area contributed by atoms with E-state index in [9.17, 15) is 9.59 Å². The number of H-pyrrole nitrogens is 1. The summed E-state index contributed by atoms with van der Waals surface area (Å²) in [6, 6.07) is 10.6. The molecule has 0 fully saturated rings. The summed E-state index contributed by atoms with van der Waals surface area (Å²) in [7, 11) is 1.58.